The van der Waals surface area contributed by atoms with Crippen LogP contribution in [0.2, 0.25) is 0 Å². The summed E-state index contributed by atoms with van der Waals surface area (Å²) in [5.74, 6) is 0.235. The van der Waals surface area contributed by atoms with Crippen LogP contribution in [0.3, 0.4) is 0 Å². The monoisotopic (exact) mass is 501 g/mol. The third-order valence-corrected chi connectivity index (χ3v) is 5.23. The van der Waals surface area contributed by atoms with Crippen molar-refractivity contribution < 1.29 is 19.1 Å². The highest BCUT2D eigenvalue weighted by Crippen LogP contribution is 2.32. The van der Waals surface area contributed by atoms with Gasteiger partial charge in [0.05, 0.1) is 4.47 Å². The van der Waals surface area contributed by atoms with Crippen LogP contribution in [-0.4, -0.2) is 30.1 Å². The number of aryl methyl sites for hydroxylation is 1. The number of hydrazine groups is 1. The van der Waals surface area contributed by atoms with Crippen molar-refractivity contribution in [3.63, 3.8) is 0 Å². The van der Waals surface area contributed by atoms with Crippen LogP contribution in [0.25, 0.3) is 10.8 Å². The minimum atomic E-state index is -0.465. The standard InChI is InChI=1S/C22H20BrN3O4S/c1-14-6-2-5-9-17(14)29-12-19(27)24-22(31)26-25-20(28)13-30-18-11-10-15-7-3-4-8-16(15)21(18)23/h2-11H,12-13H2,1H3,(H,25,28)(H2,24,26,27,31). The molecule has 31 heavy (non-hydrogen) atoms. The number of rotatable bonds is 6. The van der Waals surface area contributed by atoms with Crippen LogP contribution >= 0.6 is 28.1 Å². The van der Waals surface area contributed by atoms with Gasteiger partial charge < -0.3 is 9.47 Å². The number of carbonyl (C=O) groups is 2. The Morgan fingerprint density at radius 2 is 1.55 bits per heavy atom. The Kier molecular flexibility index (Phi) is 7.80. The first-order chi connectivity index (χ1) is 14.9. The number of hydrogen-bond acceptors (Lipinski definition) is 5. The number of halogens is 1. The Hall–Kier alpha value is -3.17. The van der Waals surface area contributed by atoms with Gasteiger partial charge in [-0.25, -0.2) is 0 Å². The first kappa shape index (κ1) is 22.5. The maximum Gasteiger partial charge on any atom is 0.276 e. The Labute approximate surface area is 193 Å². The molecule has 3 N–H and O–H groups in total. The highest BCUT2D eigenvalue weighted by molar-refractivity contribution is 9.10. The number of amides is 2. The number of thiocarbonyl (C=S) groups is 1. The Morgan fingerprint density at radius 1 is 0.871 bits per heavy atom. The first-order valence-corrected chi connectivity index (χ1v) is 10.5. The van der Waals surface area contributed by atoms with Gasteiger partial charge >= 0.3 is 0 Å². The average molecular weight is 502 g/mol. The van der Waals surface area contributed by atoms with Gasteiger partial charge in [0.15, 0.2) is 18.3 Å². The lowest BCUT2D eigenvalue weighted by Gasteiger charge is -2.13. The van der Waals surface area contributed by atoms with Crippen molar-refractivity contribution in [2.24, 2.45) is 0 Å². The summed E-state index contributed by atoms with van der Waals surface area (Å²) in [6.45, 7) is 1.43. The highest BCUT2D eigenvalue weighted by Gasteiger charge is 2.10. The molecule has 3 aromatic carbocycles. The lowest BCUT2D eigenvalue weighted by Crippen LogP contribution is -2.50. The highest BCUT2D eigenvalue weighted by atomic mass is 79.9. The van der Waals surface area contributed by atoms with E-state index in [1.165, 1.54) is 0 Å². The number of nitrogens with one attached hydrogen (secondary N) is 3. The van der Waals surface area contributed by atoms with Gasteiger partial charge in [-0.3, -0.25) is 25.8 Å². The molecular formula is C22H20BrN3O4S. The van der Waals surface area contributed by atoms with Gasteiger partial charge in [0, 0.05) is 0 Å². The smallest absolute Gasteiger partial charge is 0.276 e. The lowest BCUT2D eigenvalue weighted by atomic mass is 10.1. The molecule has 9 heteroatoms. The van der Waals surface area contributed by atoms with Gasteiger partial charge in [0.1, 0.15) is 11.5 Å². The summed E-state index contributed by atoms with van der Waals surface area (Å²) in [5.41, 5.74) is 5.75. The second kappa shape index (κ2) is 10.7. The molecule has 0 aliphatic heterocycles. The van der Waals surface area contributed by atoms with Crippen molar-refractivity contribution >= 4 is 55.8 Å². The maximum atomic E-state index is 12.0. The summed E-state index contributed by atoms with van der Waals surface area (Å²) in [4.78, 5) is 24.0. The van der Waals surface area contributed by atoms with Gasteiger partial charge in [0.2, 0.25) is 0 Å². The zero-order valence-corrected chi connectivity index (χ0v) is 19.0. The number of fused-ring (bicyclic) bond motifs is 1. The lowest BCUT2D eigenvalue weighted by molar-refractivity contribution is -0.124. The number of benzene rings is 3. The van der Waals surface area contributed by atoms with E-state index in [0.29, 0.717) is 11.5 Å². The van der Waals surface area contributed by atoms with E-state index >= 15 is 0 Å². The predicted octanol–water partition coefficient (Wildman–Crippen LogP) is 3.39. The fourth-order valence-corrected chi connectivity index (χ4v) is 3.46. The zero-order chi connectivity index (χ0) is 22.2. The molecule has 0 saturated carbocycles. The molecule has 0 unspecified atom stereocenters. The average Bonchev–Trinajstić information content (AvgIpc) is 2.77. The second-order valence-electron chi connectivity index (χ2n) is 6.49. The molecule has 0 aliphatic rings. The molecule has 0 bridgehead atoms. The second-order valence-corrected chi connectivity index (χ2v) is 7.69. The topological polar surface area (TPSA) is 88.7 Å². The van der Waals surface area contributed by atoms with E-state index in [1.54, 1.807) is 12.1 Å². The SMILES string of the molecule is Cc1ccccc1OCC(=O)NC(=S)NNC(=O)COc1ccc2ccccc2c1Br. The molecule has 3 rings (SSSR count). The Morgan fingerprint density at radius 3 is 2.35 bits per heavy atom. The van der Waals surface area contributed by atoms with Gasteiger partial charge in [0.25, 0.3) is 11.8 Å². The van der Waals surface area contributed by atoms with Crippen LogP contribution < -0.4 is 25.6 Å². The fourth-order valence-electron chi connectivity index (χ4n) is 2.69. The van der Waals surface area contributed by atoms with E-state index in [9.17, 15) is 9.59 Å². The van der Waals surface area contributed by atoms with Gasteiger partial charge in [-0.05, 0) is 63.5 Å². The largest absolute Gasteiger partial charge is 0.483 e. The molecule has 160 valence electrons. The molecular weight excluding hydrogens is 482 g/mol. The van der Waals surface area contributed by atoms with Crippen molar-refractivity contribution in [3.8, 4) is 11.5 Å². The van der Waals surface area contributed by atoms with E-state index < -0.39 is 11.8 Å². The van der Waals surface area contributed by atoms with Crippen LogP contribution in [0.5, 0.6) is 11.5 Å². The minimum Gasteiger partial charge on any atom is -0.483 e. The summed E-state index contributed by atoms with van der Waals surface area (Å²) in [7, 11) is 0. The zero-order valence-electron chi connectivity index (χ0n) is 16.6. The fraction of sp³-hybridized carbons (Fsp3) is 0.136. The number of para-hydroxylation sites is 1. The van der Waals surface area contributed by atoms with Crippen molar-refractivity contribution in [2.75, 3.05) is 13.2 Å². The molecule has 3 aromatic rings. The molecule has 0 heterocycles. The predicted molar refractivity (Wildman–Crippen MR) is 126 cm³/mol. The number of ether oxygens (including phenoxy) is 2. The summed E-state index contributed by atoms with van der Waals surface area (Å²) in [5, 5.41) is 4.40. The van der Waals surface area contributed by atoms with Gasteiger partial charge in [-0.15, -0.1) is 0 Å². The first-order valence-electron chi connectivity index (χ1n) is 9.31. The van der Waals surface area contributed by atoms with Crippen molar-refractivity contribution in [3.05, 3.63) is 70.7 Å². The molecule has 7 nitrogen and oxygen atoms in total. The van der Waals surface area contributed by atoms with E-state index in [0.717, 1.165) is 20.8 Å². The third kappa shape index (κ3) is 6.40. The maximum absolute atomic E-state index is 12.0. The quantitative estimate of drug-likeness (QED) is 0.354. The third-order valence-electron chi connectivity index (χ3n) is 4.21. The summed E-state index contributed by atoms with van der Waals surface area (Å²) in [6, 6.07) is 18.9. The van der Waals surface area contributed by atoms with Crippen molar-refractivity contribution in [1.29, 1.82) is 0 Å². The molecule has 0 fully saturated rings. The van der Waals surface area contributed by atoms with Crippen LogP contribution in [0.15, 0.2) is 65.1 Å². The van der Waals surface area contributed by atoms with E-state index in [4.69, 9.17) is 21.7 Å². The van der Waals surface area contributed by atoms with E-state index in [2.05, 4.69) is 32.1 Å². The van der Waals surface area contributed by atoms with Gasteiger partial charge in [-0.2, -0.15) is 0 Å². The van der Waals surface area contributed by atoms with Crippen molar-refractivity contribution in [2.45, 2.75) is 6.92 Å². The normalized spacial score (nSPS) is 10.3. The summed E-state index contributed by atoms with van der Waals surface area (Å²) < 4.78 is 11.8. The molecule has 0 spiro atoms. The Bertz CT molecular complexity index is 1120. The van der Waals surface area contributed by atoms with Crippen LogP contribution in [0.1, 0.15) is 5.56 Å². The van der Waals surface area contributed by atoms with Gasteiger partial charge in [-0.1, -0.05) is 48.5 Å². The van der Waals surface area contributed by atoms with Crippen molar-refractivity contribution in [1.82, 2.24) is 16.2 Å². The summed E-state index contributed by atoms with van der Waals surface area (Å²) >= 11 is 8.50. The molecule has 0 aliphatic carbocycles. The molecule has 2 amide bonds. The van der Waals surface area contributed by atoms with Crippen LogP contribution in [-0.2, 0) is 9.59 Å². The van der Waals surface area contributed by atoms with E-state index in [1.807, 2.05) is 55.5 Å². The molecule has 0 radical (unpaired) electrons. The van der Waals surface area contributed by atoms with E-state index in [-0.39, 0.29) is 18.3 Å². The number of carbonyl (C=O) groups excluding carboxylic acids is 2. The van der Waals surface area contributed by atoms with Crippen LogP contribution in [0, 0.1) is 6.92 Å². The molecule has 0 saturated heterocycles. The molecule has 0 aromatic heterocycles. The summed E-state index contributed by atoms with van der Waals surface area (Å²) in [6.07, 6.45) is 0. The molecule has 0 atom stereocenters. The minimum absolute atomic E-state index is 0.0568. The Balaban J connectivity index is 1.40. The van der Waals surface area contributed by atoms with Crippen LogP contribution in [0.4, 0.5) is 0 Å². The number of hydrogen-bond donors (Lipinski definition) is 3.